The van der Waals surface area contributed by atoms with Crippen LogP contribution >= 0.6 is 0 Å². The van der Waals surface area contributed by atoms with E-state index in [0.717, 1.165) is 124 Å². The monoisotopic (exact) mass is 972 g/mol. The van der Waals surface area contributed by atoms with Crippen LogP contribution in [0.1, 0.15) is 66.5 Å². The van der Waals surface area contributed by atoms with Crippen LogP contribution in [0.5, 0.6) is 0 Å². The summed E-state index contributed by atoms with van der Waals surface area (Å²) in [5, 5.41) is 5.51. The largest absolute Gasteiger partial charge is 0.458 e. The van der Waals surface area contributed by atoms with Gasteiger partial charge in [0.1, 0.15) is 22.7 Å². The zero-order valence-electron chi connectivity index (χ0n) is 41.9. The summed E-state index contributed by atoms with van der Waals surface area (Å²) in [7, 11) is 0. The molecule has 3 unspecified atom stereocenters. The van der Waals surface area contributed by atoms with Crippen molar-refractivity contribution in [1.29, 1.82) is 0 Å². The highest BCUT2D eigenvalue weighted by Gasteiger charge is 2.40. The average molecular weight is 973 g/mol. The molecule has 0 spiro atoms. The van der Waals surface area contributed by atoms with Gasteiger partial charge >= 0.3 is 0 Å². The standard InChI is InChI=1S/C70H53FN2O2/c1-45-21-19-33-55-56-34-20-36-63(68(56)75-67(45)55)72(50-28-13-6-14-29-50)51-37-38-58-64(43-51)74-69-57-39-40-70(2,44-60(57)53-31-15-16-32-54(53)65(58)69)73(62-35-18-17-30-52(62)47-24-9-4-10-25-47)66-59(48-26-11-5-12-27-48)41-49(42-61(66)71)46-22-7-3-8-23-46/h3-20,22,24-43,45-46H,21,23,44H2,1-2H3. The number of furan rings is 2. The molecule has 0 saturated heterocycles. The molecule has 14 rings (SSSR count). The first-order valence-electron chi connectivity index (χ1n) is 26.2. The molecule has 2 aromatic heterocycles. The van der Waals surface area contributed by atoms with Gasteiger partial charge in [0.2, 0.25) is 0 Å². The molecule has 9 aromatic carbocycles. The van der Waals surface area contributed by atoms with Crippen LogP contribution in [0.3, 0.4) is 0 Å². The minimum absolute atomic E-state index is 0.0652. The van der Waals surface area contributed by atoms with Crippen molar-refractivity contribution in [3.63, 3.8) is 0 Å². The number of fused-ring (bicyclic) bond motifs is 11. The highest BCUT2D eigenvalue weighted by molar-refractivity contribution is 6.22. The van der Waals surface area contributed by atoms with Crippen molar-refractivity contribution in [2.45, 2.75) is 50.5 Å². The fraction of sp³-hybridized carbons (Fsp3) is 0.114. The molecule has 0 radical (unpaired) electrons. The van der Waals surface area contributed by atoms with E-state index in [1.807, 2.05) is 24.3 Å². The van der Waals surface area contributed by atoms with Gasteiger partial charge in [0, 0.05) is 74.1 Å². The van der Waals surface area contributed by atoms with E-state index in [1.165, 1.54) is 5.56 Å². The lowest BCUT2D eigenvalue weighted by Crippen LogP contribution is -2.46. The summed E-state index contributed by atoms with van der Waals surface area (Å²) in [6.45, 7) is 4.50. The summed E-state index contributed by atoms with van der Waals surface area (Å²) < 4.78 is 32.2. The number of hydrogen-bond acceptors (Lipinski definition) is 4. The number of hydrogen-bond donors (Lipinski definition) is 0. The zero-order chi connectivity index (χ0) is 50.2. The van der Waals surface area contributed by atoms with Crippen LogP contribution in [0.25, 0.3) is 78.1 Å². The Morgan fingerprint density at radius 3 is 2.05 bits per heavy atom. The topological polar surface area (TPSA) is 32.8 Å². The minimum Gasteiger partial charge on any atom is -0.458 e. The molecule has 3 aliphatic rings. The maximum Gasteiger partial charge on any atom is 0.158 e. The van der Waals surface area contributed by atoms with E-state index in [0.29, 0.717) is 18.0 Å². The molecule has 0 N–H and O–H groups in total. The first-order valence-corrected chi connectivity index (χ1v) is 26.2. The van der Waals surface area contributed by atoms with Gasteiger partial charge in [-0.15, -0.1) is 0 Å². The van der Waals surface area contributed by atoms with Gasteiger partial charge < -0.3 is 18.6 Å². The minimum atomic E-state index is -0.775. The Balaban J connectivity index is 0.964. The van der Waals surface area contributed by atoms with E-state index in [9.17, 15) is 0 Å². The lowest BCUT2D eigenvalue weighted by Gasteiger charge is -2.45. The smallest absolute Gasteiger partial charge is 0.158 e. The Morgan fingerprint density at radius 2 is 1.27 bits per heavy atom. The number of anilines is 5. The zero-order valence-corrected chi connectivity index (χ0v) is 41.9. The van der Waals surface area contributed by atoms with Crippen molar-refractivity contribution in [3.8, 4) is 22.3 Å². The van der Waals surface area contributed by atoms with Crippen LogP contribution in [-0.2, 0) is 6.42 Å². The molecule has 0 fully saturated rings. The molecule has 3 atom stereocenters. The summed E-state index contributed by atoms with van der Waals surface area (Å²) in [6.07, 6.45) is 19.8. The molecular formula is C70H53FN2O2. The molecular weight excluding hydrogens is 920 g/mol. The van der Waals surface area contributed by atoms with Crippen molar-refractivity contribution in [2.75, 3.05) is 9.80 Å². The van der Waals surface area contributed by atoms with Gasteiger partial charge in [-0.1, -0.05) is 189 Å². The SMILES string of the molecule is CC1CC=Cc2c1oc1c(N(c3ccccc3)c3ccc4c(c3)oc3c5c(c6ccccc6c34)CC(C)(N(c3ccccc3-c3ccccc3)c3c(F)cc(C4C=CC=CC4)cc3-c3ccccc3)C=C5)cccc21. The Bertz CT molecular complexity index is 4160. The predicted octanol–water partition coefficient (Wildman–Crippen LogP) is 19.7. The van der Waals surface area contributed by atoms with Gasteiger partial charge in [-0.25, -0.2) is 4.39 Å². The molecule has 11 aromatic rings. The predicted molar refractivity (Wildman–Crippen MR) is 310 cm³/mol. The molecule has 3 aliphatic carbocycles. The van der Waals surface area contributed by atoms with Crippen LogP contribution in [0.15, 0.2) is 233 Å². The van der Waals surface area contributed by atoms with Crippen molar-refractivity contribution < 1.29 is 13.2 Å². The fourth-order valence-corrected chi connectivity index (χ4v) is 12.4. The van der Waals surface area contributed by atoms with Crippen LogP contribution in [0, 0.1) is 5.82 Å². The van der Waals surface area contributed by atoms with Crippen LogP contribution in [0.2, 0.25) is 0 Å². The number of para-hydroxylation sites is 3. The summed E-state index contributed by atoms with van der Waals surface area (Å²) in [6, 6.07) is 65.6. The van der Waals surface area contributed by atoms with Crippen molar-refractivity contribution >= 4 is 84.3 Å². The summed E-state index contributed by atoms with van der Waals surface area (Å²) in [5.74, 6) is 1.14. The van der Waals surface area contributed by atoms with E-state index >= 15 is 4.39 Å². The third-order valence-electron chi connectivity index (χ3n) is 15.9. The normalized spacial score (nSPS) is 17.7. The van der Waals surface area contributed by atoms with Gasteiger partial charge in [0.25, 0.3) is 0 Å². The van der Waals surface area contributed by atoms with E-state index in [1.54, 1.807) is 6.07 Å². The van der Waals surface area contributed by atoms with Gasteiger partial charge in [-0.05, 0) is 101 Å². The Hall–Kier alpha value is -8.93. The van der Waals surface area contributed by atoms with E-state index in [4.69, 9.17) is 8.83 Å². The first kappa shape index (κ1) is 44.7. The van der Waals surface area contributed by atoms with Gasteiger partial charge in [0.05, 0.1) is 22.6 Å². The maximum absolute atomic E-state index is 18.1. The number of rotatable bonds is 9. The Morgan fingerprint density at radius 1 is 0.560 bits per heavy atom. The highest BCUT2D eigenvalue weighted by atomic mass is 19.1. The average Bonchev–Trinajstić information content (AvgIpc) is 4.12. The number of halogens is 1. The lowest BCUT2D eigenvalue weighted by molar-refractivity contribution is 0.504. The summed E-state index contributed by atoms with van der Waals surface area (Å²) in [5.41, 5.74) is 14.4. The third-order valence-corrected chi connectivity index (χ3v) is 15.9. The second-order valence-electron chi connectivity index (χ2n) is 20.7. The van der Waals surface area contributed by atoms with Crippen LogP contribution in [-0.4, -0.2) is 5.54 Å². The Labute approximate surface area is 436 Å². The van der Waals surface area contributed by atoms with E-state index in [2.05, 4.69) is 230 Å². The fourth-order valence-electron chi connectivity index (χ4n) is 12.4. The molecule has 0 amide bonds. The second kappa shape index (κ2) is 17.9. The number of benzene rings is 9. The number of allylic oxidation sites excluding steroid dienone is 5. The van der Waals surface area contributed by atoms with Crippen molar-refractivity contribution in [1.82, 2.24) is 0 Å². The Kier molecular flexibility index (Phi) is 10.7. The lowest BCUT2D eigenvalue weighted by atomic mass is 9.78. The maximum atomic E-state index is 18.1. The number of nitrogens with zero attached hydrogens (tertiary/aromatic N) is 2. The van der Waals surface area contributed by atoms with Gasteiger partial charge in [-0.3, -0.25) is 0 Å². The first-order chi connectivity index (χ1) is 36.9. The third kappa shape index (κ3) is 7.40. The van der Waals surface area contributed by atoms with Crippen LogP contribution in [0.4, 0.5) is 32.8 Å². The molecule has 5 heteroatoms. The van der Waals surface area contributed by atoms with E-state index in [-0.39, 0.29) is 11.7 Å². The van der Waals surface area contributed by atoms with Crippen LogP contribution < -0.4 is 9.80 Å². The summed E-state index contributed by atoms with van der Waals surface area (Å²) in [4.78, 5) is 4.58. The van der Waals surface area contributed by atoms with E-state index < -0.39 is 5.54 Å². The summed E-state index contributed by atoms with van der Waals surface area (Å²) >= 11 is 0. The van der Waals surface area contributed by atoms with Crippen molar-refractivity contribution in [3.05, 3.63) is 258 Å². The molecule has 0 saturated carbocycles. The van der Waals surface area contributed by atoms with Crippen molar-refractivity contribution in [2.24, 2.45) is 0 Å². The molecule has 0 bridgehead atoms. The molecule has 362 valence electrons. The van der Waals surface area contributed by atoms with Gasteiger partial charge in [-0.2, -0.15) is 0 Å². The highest BCUT2D eigenvalue weighted by Crippen LogP contribution is 2.52. The molecule has 4 nitrogen and oxygen atoms in total. The molecule has 75 heavy (non-hydrogen) atoms. The molecule has 0 aliphatic heterocycles. The molecule has 2 heterocycles. The second-order valence-corrected chi connectivity index (χ2v) is 20.7. The quantitative estimate of drug-likeness (QED) is 0.144. The van der Waals surface area contributed by atoms with Gasteiger partial charge in [0.15, 0.2) is 5.58 Å².